The Morgan fingerprint density at radius 1 is 1.18 bits per heavy atom. The molecule has 0 spiro atoms. The fraction of sp³-hybridized carbons (Fsp3) is 0.263. The van der Waals surface area contributed by atoms with Crippen molar-refractivity contribution in [3.05, 3.63) is 48.4 Å². The number of nitrogens with zero attached hydrogens (tertiary/aromatic N) is 1. The van der Waals surface area contributed by atoms with Crippen LogP contribution >= 0.6 is 0 Å². The first-order valence-corrected chi connectivity index (χ1v) is 8.62. The van der Waals surface area contributed by atoms with Gasteiger partial charge < -0.3 is 19.8 Å². The Hall–Kier alpha value is -3.62. The van der Waals surface area contributed by atoms with Crippen LogP contribution < -0.4 is 15.5 Å². The molecule has 0 saturated carbocycles. The molecule has 9 nitrogen and oxygen atoms in total. The Bertz CT molecular complexity index is 908. The summed E-state index contributed by atoms with van der Waals surface area (Å²) in [5.41, 5.74) is 1.03. The molecular formula is C19H19N3O6. The largest absolute Gasteiger partial charge is 0.459 e. The van der Waals surface area contributed by atoms with E-state index in [0.29, 0.717) is 11.4 Å². The van der Waals surface area contributed by atoms with E-state index in [-0.39, 0.29) is 18.2 Å². The molecule has 1 aromatic carbocycles. The van der Waals surface area contributed by atoms with Gasteiger partial charge in [0.05, 0.1) is 17.6 Å². The van der Waals surface area contributed by atoms with Crippen LogP contribution in [0.5, 0.6) is 0 Å². The maximum atomic E-state index is 12.7. The molecule has 1 aliphatic rings. The molecule has 0 saturated heterocycles. The number of amides is 3. The molecule has 146 valence electrons. The first-order chi connectivity index (χ1) is 13.4. The van der Waals surface area contributed by atoms with Gasteiger partial charge in [-0.1, -0.05) is 12.1 Å². The predicted molar refractivity (Wildman–Crippen MR) is 98.6 cm³/mol. The number of anilines is 2. The molecular weight excluding hydrogens is 366 g/mol. The zero-order chi connectivity index (χ0) is 20.3. The summed E-state index contributed by atoms with van der Waals surface area (Å²) in [7, 11) is 0. The van der Waals surface area contributed by atoms with Gasteiger partial charge in [-0.2, -0.15) is 0 Å². The molecule has 2 atom stereocenters. The van der Waals surface area contributed by atoms with Gasteiger partial charge in [-0.05, 0) is 38.1 Å². The van der Waals surface area contributed by atoms with Crippen LogP contribution in [-0.4, -0.2) is 42.4 Å². The normalized spacial score (nSPS) is 15.1. The van der Waals surface area contributed by atoms with Gasteiger partial charge in [-0.25, -0.2) is 4.79 Å². The molecule has 2 aromatic rings. The molecule has 3 rings (SSSR count). The van der Waals surface area contributed by atoms with Crippen molar-refractivity contribution >= 4 is 35.1 Å². The van der Waals surface area contributed by atoms with Crippen LogP contribution in [0.15, 0.2) is 47.1 Å². The van der Waals surface area contributed by atoms with E-state index >= 15 is 0 Å². The van der Waals surface area contributed by atoms with Gasteiger partial charge in [0.25, 0.3) is 11.8 Å². The monoisotopic (exact) mass is 385 g/mol. The Morgan fingerprint density at radius 3 is 2.64 bits per heavy atom. The Morgan fingerprint density at radius 2 is 1.93 bits per heavy atom. The van der Waals surface area contributed by atoms with Crippen LogP contribution in [0, 0.1) is 0 Å². The summed E-state index contributed by atoms with van der Waals surface area (Å²) in [5, 5.41) is 5.11. The number of fused-ring (bicyclic) bond motifs is 1. The lowest BCUT2D eigenvalue weighted by Crippen LogP contribution is -2.48. The van der Waals surface area contributed by atoms with Crippen molar-refractivity contribution in [1.82, 2.24) is 5.32 Å². The number of nitrogens with one attached hydrogen (secondary N) is 2. The fourth-order valence-electron chi connectivity index (χ4n) is 2.71. The SMILES string of the molecule is C[C@H](NC(=O)c1ccco1)C(=O)O[C@H](C)C(=O)N1CC(=O)Nc2ccccc21. The molecule has 2 heterocycles. The van der Waals surface area contributed by atoms with Gasteiger partial charge in [0, 0.05) is 0 Å². The summed E-state index contributed by atoms with van der Waals surface area (Å²) in [5.74, 6) is -2.19. The fourth-order valence-corrected chi connectivity index (χ4v) is 2.71. The van der Waals surface area contributed by atoms with Gasteiger partial charge >= 0.3 is 5.97 Å². The lowest BCUT2D eigenvalue weighted by atomic mass is 10.1. The van der Waals surface area contributed by atoms with Crippen LogP contribution in [0.2, 0.25) is 0 Å². The highest BCUT2D eigenvalue weighted by molar-refractivity contribution is 6.11. The molecule has 0 bridgehead atoms. The van der Waals surface area contributed by atoms with Crippen LogP contribution in [0.4, 0.5) is 11.4 Å². The summed E-state index contributed by atoms with van der Waals surface area (Å²) in [6.45, 7) is 2.67. The van der Waals surface area contributed by atoms with Gasteiger partial charge in [0.2, 0.25) is 5.91 Å². The lowest BCUT2D eigenvalue weighted by Gasteiger charge is -2.31. The Kier molecular flexibility index (Phi) is 5.44. The zero-order valence-electron chi connectivity index (χ0n) is 15.3. The van der Waals surface area contributed by atoms with Crippen molar-refractivity contribution in [2.75, 3.05) is 16.8 Å². The van der Waals surface area contributed by atoms with Gasteiger partial charge in [-0.3, -0.25) is 19.3 Å². The topological polar surface area (TPSA) is 118 Å². The second kappa shape index (κ2) is 7.95. The van der Waals surface area contributed by atoms with Gasteiger partial charge in [0.1, 0.15) is 12.6 Å². The number of furan rings is 1. The molecule has 0 aliphatic carbocycles. The highest BCUT2D eigenvalue weighted by atomic mass is 16.5. The van der Waals surface area contributed by atoms with Gasteiger partial charge in [-0.15, -0.1) is 0 Å². The number of esters is 1. The first kappa shape index (κ1) is 19.2. The lowest BCUT2D eigenvalue weighted by molar-refractivity contribution is -0.155. The number of carbonyl (C=O) groups excluding carboxylic acids is 4. The number of rotatable bonds is 5. The summed E-state index contributed by atoms with van der Waals surface area (Å²) >= 11 is 0. The van der Waals surface area contributed by atoms with Crippen LogP contribution in [0.3, 0.4) is 0 Å². The van der Waals surface area contributed by atoms with Crippen LogP contribution in [-0.2, 0) is 19.1 Å². The van der Waals surface area contributed by atoms with E-state index in [9.17, 15) is 19.2 Å². The second-order valence-electron chi connectivity index (χ2n) is 6.24. The third kappa shape index (κ3) is 4.03. The third-order valence-corrected chi connectivity index (χ3v) is 4.12. The van der Waals surface area contributed by atoms with E-state index in [1.54, 1.807) is 30.3 Å². The van der Waals surface area contributed by atoms with Crippen LogP contribution in [0.25, 0.3) is 0 Å². The number of para-hydroxylation sites is 2. The standard InChI is InChI=1S/C19H19N3O6/c1-11(20-17(24)15-8-5-9-27-15)19(26)28-12(2)18(25)22-10-16(23)21-13-6-3-4-7-14(13)22/h3-9,11-12H,10H2,1-2H3,(H,20,24)(H,21,23)/t11-,12+/m0/s1. The minimum absolute atomic E-state index is 0.0553. The van der Waals surface area contributed by atoms with E-state index in [1.807, 2.05) is 0 Å². The minimum Gasteiger partial charge on any atom is -0.459 e. The number of hydrogen-bond acceptors (Lipinski definition) is 6. The molecule has 0 radical (unpaired) electrons. The van der Waals surface area contributed by atoms with Crippen molar-refractivity contribution in [2.45, 2.75) is 26.0 Å². The average molecular weight is 385 g/mol. The van der Waals surface area contributed by atoms with Crippen molar-refractivity contribution in [1.29, 1.82) is 0 Å². The predicted octanol–water partition coefficient (Wildman–Crippen LogP) is 1.31. The van der Waals surface area contributed by atoms with Crippen molar-refractivity contribution in [3.8, 4) is 0 Å². The smallest absolute Gasteiger partial charge is 0.329 e. The summed E-state index contributed by atoms with van der Waals surface area (Å²) in [6.07, 6.45) is 0.194. The molecule has 2 N–H and O–H groups in total. The zero-order valence-corrected chi connectivity index (χ0v) is 15.3. The second-order valence-corrected chi connectivity index (χ2v) is 6.24. The number of ether oxygens (including phenoxy) is 1. The number of carbonyl (C=O) groups is 4. The van der Waals surface area contributed by atoms with E-state index < -0.39 is 29.9 Å². The molecule has 28 heavy (non-hydrogen) atoms. The molecule has 9 heteroatoms. The Labute approximate surface area is 160 Å². The molecule has 0 fully saturated rings. The molecule has 0 unspecified atom stereocenters. The molecule has 1 aromatic heterocycles. The van der Waals surface area contributed by atoms with Crippen LogP contribution in [0.1, 0.15) is 24.4 Å². The van der Waals surface area contributed by atoms with E-state index in [0.717, 1.165) is 0 Å². The van der Waals surface area contributed by atoms with Gasteiger partial charge in [0.15, 0.2) is 11.9 Å². The average Bonchev–Trinajstić information content (AvgIpc) is 3.21. The summed E-state index contributed by atoms with van der Waals surface area (Å²) in [6, 6.07) is 8.84. The summed E-state index contributed by atoms with van der Waals surface area (Å²) < 4.78 is 10.1. The molecule has 3 amide bonds. The first-order valence-electron chi connectivity index (χ1n) is 8.62. The van der Waals surface area contributed by atoms with Crippen molar-refractivity contribution in [2.24, 2.45) is 0 Å². The van der Waals surface area contributed by atoms with E-state index in [4.69, 9.17) is 9.15 Å². The minimum atomic E-state index is -1.14. The maximum absolute atomic E-state index is 12.7. The third-order valence-electron chi connectivity index (χ3n) is 4.12. The highest BCUT2D eigenvalue weighted by Crippen LogP contribution is 2.29. The Balaban J connectivity index is 1.63. The summed E-state index contributed by atoms with van der Waals surface area (Å²) in [4.78, 5) is 50.0. The highest BCUT2D eigenvalue weighted by Gasteiger charge is 2.32. The number of hydrogen-bond donors (Lipinski definition) is 2. The van der Waals surface area contributed by atoms with E-state index in [1.165, 1.54) is 31.1 Å². The van der Waals surface area contributed by atoms with E-state index in [2.05, 4.69) is 10.6 Å². The van der Waals surface area contributed by atoms with Crippen molar-refractivity contribution < 1.29 is 28.3 Å². The maximum Gasteiger partial charge on any atom is 0.329 e. The quantitative estimate of drug-likeness (QED) is 0.750. The molecule has 1 aliphatic heterocycles. The number of benzene rings is 1. The van der Waals surface area contributed by atoms with Crippen molar-refractivity contribution in [3.63, 3.8) is 0 Å².